The maximum Gasteiger partial charge on any atom is 0.254 e. The summed E-state index contributed by atoms with van der Waals surface area (Å²) < 4.78 is 0. The van der Waals surface area contributed by atoms with Gasteiger partial charge in [0.05, 0.1) is 6.54 Å². The Hall–Kier alpha value is -2.27. The van der Waals surface area contributed by atoms with Gasteiger partial charge < -0.3 is 10.2 Å². The molecule has 5 heteroatoms. The Morgan fingerprint density at radius 1 is 1.08 bits per heavy atom. The molecule has 1 N–H and O–H groups in total. The minimum atomic E-state index is -0.200. The highest BCUT2D eigenvalue weighted by Gasteiger charge is 2.16. The zero-order valence-corrected chi connectivity index (χ0v) is 15.9. The lowest BCUT2D eigenvalue weighted by atomic mass is 10.1. The largest absolute Gasteiger partial charge is 0.332 e. The monoisotopic (exact) mass is 356 g/mol. The molecule has 0 fully saturated rings. The molecule has 0 saturated carbocycles. The molecule has 2 amide bonds. The Kier molecular flexibility index (Phi) is 6.65. The molecule has 4 nitrogen and oxygen atoms in total. The lowest BCUT2D eigenvalue weighted by Gasteiger charge is -2.18. The third-order valence-corrected chi connectivity index (χ3v) is 4.58. The molecule has 0 bridgehead atoms. The van der Waals surface area contributed by atoms with E-state index in [2.05, 4.69) is 5.32 Å². The number of thioether (sulfide) groups is 1. The Morgan fingerprint density at radius 2 is 1.72 bits per heavy atom. The van der Waals surface area contributed by atoms with Crippen molar-refractivity contribution in [2.24, 2.45) is 0 Å². The third-order valence-electron chi connectivity index (χ3n) is 3.96. The number of anilines is 1. The molecule has 0 atom stereocenters. The smallest absolute Gasteiger partial charge is 0.254 e. The van der Waals surface area contributed by atoms with Crippen LogP contribution in [0.2, 0.25) is 0 Å². The summed E-state index contributed by atoms with van der Waals surface area (Å²) in [6.45, 7) is 3.92. The molecule has 0 spiro atoms. The molecular weight excluding hydrogens is 332 g/mol. The Bertz CT molecular complexity index is 754. The van der Waals surface area contributed by atoms with E-state index in [0.29, 0.717) is 5.56 Å². The molecule has 0 unspecified atom stereocenters. The second-order valence-corrected chi connectivity index (χ2v) is 6.98. The van der Waals surface area contributed by atoms with Crippen LogP contribution in [0.1, 0.15) is 27.0 Å². The van der Waals surface area contributed by atoms with Crippen LogP contribution in [0.25, 0.3) is 0 Å². The highest BCUT2D eigenvalue weighted by Crippen LogP contribution is 2.19. The van der Waals surface area contributed by atoms with E-state index < -0.39 is 0 Å². The number of benzene rings is 2. The fourth-order valence-corrected chi connectivity index (χ4v) is 3.17. The number of likely N-dealkylation sites (N-methyl/N-ethyl adjacent to an activating group) is 1. The first-order valence-corrected chi connectivity index (χ1v) is 9.51. The van der Waals surface area contributed by atoms with E-state index in [1.807, 2.05) is 56.5 Å². The van der Waals surface area contributed by atoms with Gasteiger partial charge in [-0.25, -0.2) is 0 Å². The topological polar surface area (TPSA) is 49.4 Å². The normalized spacial score (nSPS) is 10.4. The van der Waals surface area contributed by atoms with Gasteiger partial charge >= 0.3 is 0 Å². The fraction of sp³-hybridized carbons (Fsp3) is 0.300. The fourth-order valence-electron chi connectivity index (χ4n) is 2.66. The summed E-state index contributed by atoms with van der Waals surface area (Å²) in [5.41, 5.74) is 4.54. The van der Waals surface area contributed by atoms with Crippen LogP contribution < -0.4 is 5.32 Å². The third kappa shape index (κ3) is 5.10. The molecule has 25 heavy (non-hydrogen) atoms. The van der Waals surface area contributed by atoms with Crippen molar-refractivity contribution >= 4 is 29.3 Å². The predicted octanol–water partition coefficient (Wildman–Crippen LogP) is 3.88. The van der Waals surface area contributed by atoms with Gasteiger partial charge in [0, 0.05) is 24.1 Å². The van der Waals surface area contributed by atoms with E-state index >= 15 is 0 Å². The van der Waals surface area contributed by atoms with Gasteiger partial charge in [0.2, 0.25) is 5.91 Å². The average molecular weight is 356 g/mol. The van der Waals surface area contributed by atoms with Crippen molar-refractivity contribution in [2.75, 3.05) is 25.2 Å². The van der Waals surface area contributed by atoms with Crippen molar-refractivity contribution in [2.45, 2.75) is 19.6 Å². The summed E-state index contributed by atoms with van der Waals surface area (Å²) in [5, 5.41) is 2.91. The molecule has 0 saturated heterocycles. The van der Waals surface area contributed by atoms with E-state index in [1.54, 1.807) is 24.9 Å². The molecule has 0 aliphatic carbocycles. The number of amides is 2. The second-order valence-electron chi connectivity index (χ2n) is 6.11. The number of carbonyl (C=O) groups is 2. The van der Waals surface area contributed by atoms with Crippen molar-refractivity contribution in [3.05, 3.63) is 64.7 Å². The molecule has 0 aromatic heterocycles. The van der Waals surface area contributed by atoms with Crippen molar-refractivity contribution in [1.29, 1.82) is 0 Å². The van der Waals surface area contributed by atoms with Crippen LogP contribution in [0.15, 0.2) is 42.5 Å². The number of nitrogens with one attached hydrogen (secondary N) is 1. The van der Waals surface area contributed by atoms with Crippen LogP contribution in [0.4, 0.5) is 5.69 Å². The van der Waals surface area contributed by atoms with E-state index in [-0.39, 0.29) is 18.4 Å². The molecule has 0 radical (unpaired) electrons. The minimum absolute atomic E-state index is 0.0133. The first-order valence-electron chi connectivity index (χ1n) is 8.11. The van der Waals surface area contributed by atoms with Crippen LogP contribution in [0.3, 0.4) is 0 Å². The molecular formula is C20H24N2O2S. The number of carbonyl (C=O) groups excluding carboxylic acids is 2. The van der Waals surface area contributed by atoms with Crippen LogP contribution in [0.5, 0.6) is 0 Å². The lowest BCUT2D eigenvalue weighted by Crippen LogP contribution is -2.35. The second kappa shape index (κ2) is 8.72. The van der Waals surface area contributed by atoms with Crippen molar-refractivity contribution in [3.8, 4) is 0 Å². The first kappa shape index (κ1) is 19.1. The van der Waals surface area contributed by atoms with E-state index in [4.69, 9.17) is 0 Å². The van der Waals surface area contributed by atoms with E-state index in [1.165, 1.54) is 4.90 Å². The van der Waals surface area contributed by atoms with Crippen molar-refractivity contribution in [3.63, 3.8) is 0 Å². The highest BCUT2D eigenvalue weighted by molar-refractivity contribution is 7.97. The Balaban J connectivity index is 2.03. The van der Waals surface area contributed by atoms with Crippen LogP contribution >= 0.6 is 11.8 Å². The summed E-state index contributed by atoms with van der Waals surface area (Å²) >= 11 is 1.71. The number of nitrogens with zero attached hydrogens (tertiary/aromatic N) is 1. The van der Waals surface area contributed by atoms with Gasteiger partial charge in [0.15, 0.2) is 0 Å². The van der Waals surface area contributed by atoms with Gasteiger partial charge in [0.1, 0.15) is 0 Å². The molecule has 0 aliphatic heterocycles. The zero-order valence-electron chi connectivity index (χ0n) is 15.1. The quantitative estimate of drug-likeness (QED) is 0.854. The molecule has 0 heterocycles. The number of hydrogen-bond acceptors (Lipinski definition) is 3. The van der Waals surface area contributed by atoms with Gasteiger partial charge in [0.25, 0.3) is 5.91 Å². The van der Waals surface area contributed by atoms with Gasteiger partial charge in [-0.15, -0.1) is 0 Å². The Labute approximate surface area is 153 Å². The maximum atomic E-state index is 12.6. The standard InChI is InChI=1S/C20H24N2O2S/c1-14-7-5-8-15(2)19(14)21-18(23)12-22(3)20(24)17-10-6-9-16(11-17)13-25-4/h5-11H,12-13H2,1-4H3,(H,21,23). The van der Waals surface area contributed by atoms with Crippen LogP contribution in [-0.2, 0) is 10.5 Å². The average Bonchev–Trinajstić information content (AvgIpc) is 2.58. The van der Waals surface area contributed by atoms with Crippen molar-refractivity contribution in [1.82, 2.24) is 4.90 Å². The summed E-state index contributed by atoms with van der Waals surface area (Å²) in [6, 6.07) is 13.4. The predicted molar refractivity (Wildman–Crippen MR) is 105 cm³/mol. The van der Waals surface area contributed by atoms with Crippen LogP contribution in [-0.4, -0.2) is 36.6 Å². The maximum absolute atomic E-state index is 12.6. The first-order chi connectivity index (χ1) is 11.9. The number of aryl methyl sites for hydroxylation is 2. The van der Waals surface area contributed by atoms with E-state index in [9.17, 15) is 9.59 Å². The number of rotatable bonds is 6. The summed E-state index contributed by atoms with van der Waals surface area (Å²) in [6.07, 6.45) is 2.03. The SMILES string of the molecule is CSCc1cccc(C(=O)N(C)CC(=O)Nc2c(C)cccc2C)c1. The Morgan fingerprint density at radius 3 is 2.36 bits per heavy atom. The molecule has 2 aromatic carbocycles. The van der Waals surface area contributed by atoms with Gasteiger partial charge in [-0.1, -0.05) is 30.3 Å². The summed E-state index contributed by atoms with van der Waals surface area (Å²) in [4.78, 5) is 26.3. The van der Waals surface area contributed by atoms with Crippen molar-refractivity contribution < 1.29 is 9.59 Å². The molecule has 2 rings (SSSR count). The minimum Gasteiger partial charge on any atom is -0.332 e. The van der Waals surface area contributed by atoms with E-state index in [0.717, 1.165) is 28.1 Å². The molecule has 132 valence electrons. The number of hydrogen-bond donors (Lipinski definition) is 1. The number of para-hydroxylation sites is 1. The van der Waals surface area contributed by atoms with Gasteiger partial charge in [-0.2, -0.15) is 11.8 Å². The molecule has 0 aliphatic rings. The van der Waals surface area contributed by atoms with Gasteiger partial charge in [-0.05, 0) is 48.9 Å². The molecule has 2 aromatic rings. The summed E-state index contributed by atoms with van der Waals surface area (Å²) in [7, 11) is 1.65. The summed E-state index contributed by atoms with van der Waals surface area (Å²) in [5.74, 6) is 0.505. The lowest BCUT2D eigenvalue weighted by molar-refractivity contribution is -0.116. The van der Waals surface area contributed by atoms with Crippen LogP contribution in [0, 0.1) is 13.8 Å². The van der Waals surface area contributed by atoms with Gasteiger partial charge in [-0.3, -0.25) is 9.59 Å². The highest BCUT2D eigenvalue weighted by atomic mass is 32.2. The zero-order chi connectivity index (χ0) is 18.4.